The molecule has 1 saturated heterocycles. The van der Waals surface area contributed by atoms with Crippen LogP contribution in [0.4, 0.5) is 11.6 Å². The Morgan fingerprint density at radius 2 is 1.94 bits per heavy atom. The van der Waals surface area contributed by atoms with E-state index in [-0.39, 0.29) is 10.7 Å². The molecule has 1 aliphatic heterocycles. The van der Waals surface area contributed by atoms with Gasteiger partial charge in [-0.25, -0.2) is 13.1 Å². The van der Waals surface area contributed by atoms with E-state index in [1.807, 2.05) is 16.7 Å². The Kier molecular flexibility index (Phi) is 3.26. The van der Waals surface area contributed by atoms with E-state index in [0.717, 1.165) is 24.6 Å². The van der Waals surface area contributed by atoms with Crippen molar-refractivity contribution in [2.75, 3.05) is 41.5 Å². The van der Waals surface area contributed by atoms with Gasteiger partial charge in [0.2, 0.25) is 0 Å². The molecule has 2 N–H and O–H groups in total. The lowest BCUT2D eigenvalue weighted by atomic mass is 10.4. The van der Waals surface area contributed by atoms with E-state index in [1.165, 1.54) is 10.9 Å². The first kappa shape index (κ1) is 12.6. The molecule has 8 heteroatoms. The normalized spacial score (nSPS) is 17.4. The van der Waals surface area contributed by atoms with Crippen LogP contribution in [0.2, 0.25) is 0 Å². The van der Waals surface area contributed by atoms with E-state index in [2.05, 4.69) is 5.10 Å². The SMILES string of the molecule is Cn1nc(N2CCSCC2)c(S(C)(=O)=O)c1N. The molecule has 6 nitrogen and oxygen atoms in total. The van der Waals surface area contributed by atoms with Gasteiger partial charge in [0.25, 0.3) is 0 Å². The zero-order chi connectivity index (χ0) is 12.6. The summed E-state index contributed by atoms with van der Waals surface area (Å²) in [6.07, 6.45) is 1.17. The van der Waals surface area contributed by atoms with Crippen molar-refractivity contribution in [3.8, 4) is 0 Å². The Morgan fingerprint density at radius 1 is 1.35 bits per heavy atom. The fourth-order valence-electron chi connectivity index (χ4n) is 1.84. The number of anilines is 2. The Labute approximate surface area is 105 Å². The summed E-state index contributed by atoms with van der Waals surface area (Å²) >= 11 is 1.86. The molecule has 2 rings (SSSR count). The number of rotatable bonds is 2. The number of aromatic nitrogens is 2. The van der Waals surface area contributed by atoms with E-state index in [4.69, 9.17) is 5.73 Å². The molecule has 1 fully saturated rings. The molecule has 0 spiro atoms. The van der Waals surface area contributed by atoms with E-state index in [1.54, 1.807) is 7.05 Å². The van der Waals surface area contributed by atoms with Gasteiger partial charge in [-0.15, -0.1) is 0 Å². The molecule has 0 unspecified atom stereocenters. The largest absolute Gasteiger partial charge is 0.383 e. The van der Waals surface area contributed by atoms with E-state index < -0.39 is 9.84 Å². The van der Waals surface area contributed by atoms with Crippen molar-refractivity contribution in [3.05, 3.63) is 0 Å². The van der Waals surface area contributed by atoms with Crippen LogP contribution in [0.25, 0.3) is 0 Å². The minimum Gasteiger partial charge on any atom is -0.383 e. The summed E-state index contributed by atoms with van der Waals surface area (Å²) in [6.45, 7) is 1.62. The van der Waals surface area contributed by atoms with Crippen LogP contribution in [0.5, 0.6) is 0 Å². The lowest BCUT2D eigenvalue weighted by molar-refractivity contribution is 0.602. The molecular formula is C9H16N4O2S2. The smallest absolute Gasteiger partial charge is 0.182 e. The summed E-state index contributed by atoms with van der Waals surface area (Å²) in [5, 5.41) is 4.23. The predicted octanol–water partition coefficient (Wildman–Crippen LogP) is -0.0410. The van der Waals surface area contributed by atoms with Crippen LogP contribution in [-0.4, -0.2) is 49.0 Å². The average Bonchev–Trinajstić information content (AvgIpc) is 2.56. The molecule has 1 aliphatic rings. The fourth-order valence-corrected chi connectivity index (χ4v) is 3.76. The van der Waals surface area contributed by atoms with E-state index in [0.29, 0.717) is 5.82 Å². The van der Waals surface area contributed by atoms with Crippen molar-refractivity contribution in [2.24, 2.45) is 7.05 Å². The maximum atomic E-state index is 11.8. The molecule has 0 aromatic carbocycles. The van der Waals surface area contributed by atoms with Crippen LogP contribution >= 0.6 is 11.8 Å². The summed E-state index contributed by atoms with van der Waals surface area (Å²) in [7, 11) is -1.69. The standard InChI is InChI=1S/C9H16N4O2S2/c1-12-8(10)7(17(2,14)15)9(11-12)13-3-5-16-6-4-13/h3-6,10H2,1-2H3. The van der Waals surface area contributed by atoms with Crippen molar-refractivity contribution in [3.63, 3.8) is 0 Å². The van der Waals surface area contributed by atoms with Crippen LogP contribution in [0.15, 0.2) is 4.90 Å². The number of aryl methyl sites for hydroxylation is 1. The topological polar surface area (TPSA) is 81.2 Å². The minimum atomic E-state index is -3.35. The zero-order valence-electron chi connectivity index (χ0n) is 9.88. The molecule has 0 amide bonds. The number of sulfone groups is 1. The third kappa shape index (κ3) is 2.37. The Morgan fingerprint density at radius 3 is 2.47 bits per heavy atom. The highest BCUT2D eigenvalue weighted by Gasteiger charge is 2.27. The third-order valence-electron chi connectivity index (χ3n) is 2.71. The summed E-state index contributed by atoms with van der Waals surface area (Å²) in [5.41, 5.74) is 5.79. The number of hydrogen-bond acceptors (Lipinski definition) is 6. The second-order valence-electron chi connectivity index (χ2n) is 4.03. The van der Waals surface area contributed by atoms with E-state index in [9.17, 15) is 8.42 Å². The molecule has 1 aromatic heterocycles. The van der Waals surface area contributed by atoms with Crippen molar-refractivity contribution in [1.29, 1.82) is 0 Å². The summed E-state index contributed by atoms with van der Waals surface area (Å²) in [5.74, 6) is 2.67. The predicted molar refractivity (Wildman–Crippen MR) is 70.3 cm³/mol. The van der Waals surface area contributed by atoms with Crippen LogP contribution in [0, 0.1) is 0 Å². The third-order valence-corrected chi connectivity index (χ3v) is 4.79. The number of nitrogens with two attached hydrogens (primary N) is 1. The molecule has 1 aromatic rings. The van der Waals surface area contributed by atoms with Crippen LogP contribution in [0.3, 0.4) is 0 Å². The molecule has 17 heavy (non-hydrogen) atoms. The molecule has 0 saturated carbocycles. The Bertz CT molecular complexity index is 517. The number of nitrogen functional groups attached to an aromatic ring is 1. The maximum absolute atomic E-state index is 11.8. The Hall–Kier alpha value is -0.890. The molecule has 2 heterocycles. The highest BCUT2D eigenvalue weighted by atomic mass is 32.2. The molecule has 0 bridgehead atoms. The van der Waals surface area contributed by atoms with E-state index >= 15 is 0 Å². The molecule has 96 valence electrons. The zero-order valence-corrected chi connectivity index (χ0v) is 11.5. The summed E-state index contributed by atoms with van der Waals surface area (Å²) in [4.78, 5) is 2.15. The first-order chi connectivity index (χ1) is 7.91. The number of hydrogen-bond donors (Lipinski definition) is 1. The number of thioether (sulfide) groups is 1. The highest BCUT2D eigenvalue weighted by Crippen LogP contribution is 2.30. The fraction of sp³-hybridized carbons (Fsp3) is 0.667. The summed E-state index contributed by atoms with van der Waals surface area (Å²) < 4.78 is 25.0. The second-order valence-corrected chi connectivity index (χ2v) is 7.21. The lowest BCUT2D eigenvalue weighted by Gasteiger charge is -2.26. The van der Waals surface area contributed by atoms with Crippen LogP contribution in [-0.2, 0) is 16.9 Å². The lowest BCUT2D eigenvalue weighted by Crippen LogP contribution is -2.33. The molecular weight excluding hydrogens is 260 g/mol. The van der Waals surface area contributed by atoms with Gasteiger partial charge < -0.3 is 10.6 Å². The van der Waals surface area contributed by atoms with Gasteiger partial charge in [-0.1, -0.05) is 0 Å². The molecule has 0 atom stereocenters. The monoisotopic (exact) mass is 276 g/mol. The van der Waals surface area contributed by atoms with Crippen molar-refractivity contribution < 1.29 is 8.42 Å². The van der Waals surface area contributed by atoms with Crippen molar-refractivity contribution in [1.82, 2.24) is 9.78 Å². The van der Waals surface area contributed by atoms with Gasteiger partial charge >= 0.3 is 0 Å². The molecule has 0 radical (unpaired) electrons. The van der Waals surface area contributed by atoms with Gasteiger partial charge in [0.05, 0.1) is 0 Å². The van der Waals surface area contributed by atoms with Crippen LogP contribution in [0.1, 0.15) is 0 Å². The molecule has 0 aliphatic carbocycles. The maximum Gasteiger partial charge on any atom is 0.182 e. The van der Waals surface area contributed by atoms with Crippen molar-refractivity contribution in [2.45, 2.75) is 4.90 Å². The van der Waals surface area contributed by atoms with Crippen molar-refractivity contribution >= 4 is 33.2 Å². The average molecular weight is 276 g/mol. The summed E-state index contributed by atoms with van der Waals surface area (Å²) in [6, 6.07) is 0. The first-order valence-electron chi connectivity index (χ1n) is 5.26. The first-order valence-corrected chi connectivity index (χ1v) is 8.31. The van der Waals surface area contributed by atoms with Crippen LogP contribution < -0.4 is 10.6 Å². The number of nitrogens with zero attached hydrogens (tertiary/aromatic N) is 3. The van der Waals surface area contributed by atoms with Gasteiger partial charge in [-0.3, -0.25) is 0 Å². The van der Waals surface area contributed by atoms with Gasteiger partial charge in [0.1, 0.15) is 5.82 Å². The second kappa shape index (κ2) is 4.41. The van der Waals surface area contributed by atoms with Gasteiger partial charge in [-0.2, -0.15) is 16.9 Å². The van der Waals surface area contributed by atoms with Gasteiger partial charge in [0, 0.05) is 37.9 Å². The highest BCUT2D eigenvalue weighted by molar-refractivity contribution is 7.99. The van der Waals surface area contributed by atoms with Gasteiger partial charge in [-0.05, 0) is 0 Å². The van der Waals surface area contributed by atoms with Gasteiger partial charge in [0.15, 0.2) is 20.6 Å². The Balaban J connectivity index is 2.50. The quantitative estimate of drug-likeness (QED) is 0.816. The minimum absolute atomic E-state index is 0.159.